The molecular formula is C17H18F2N4O2. The SMILES string of the molecule is O=C(NCC1CCCN1c1cccnn1)c1ccccc1OC(F)F. The first-order valence-electron chi connectivity index (χ1n) is 8.01. The highest BCUT2D eigenvalue weighted by atomic mass is 19.3. The minimum Gasteiger partial charge on any atom is -0.434 e. The van der Waals surface area contributed by atoms with Gasteiger partial charge in [0.15, 0.2) is 5.82 Å². The Morgan fingerprint density at radius 3 is 2.92 bits per heavy atom. The summed E-state index contributed by atoms with van der Waals surface area (Å²) >= 11 is 0. The number of hydrogen-bond acceptors (Lipinski definition) is 5. The lowest BCUT2D eigenvalue weighted by atomic mass is 10.1. The van der Waals surface area contributed by atoms with Crippen molar-refractivity contribution in [2.24, 2.45) is 0 Å². The van der Waals surface area contributed by atoms with E-state index in [1.807, 2.05) is 12.1 Å². The van der Waals surface area contributed by atoms with Crippen LogP contribution >= 0.6 is 0 Å². The molecule has 0 spiro atoms. The number of amides is 1. The molecule has 0 radical (unpaired) electrons. The zero-order chi connectivity index (χ0) is 17.6. The maximum Gasteiger partial charge on any atom is 0.387 e. The number of nitrogens with zero attached hydrogens (tertiary/aromatic N) is 3. The summed E-state index contributed by atoms with van der Waals surface area (Å²) in [6.07, 6.45) is 3.50. The van der Waals surface area contributed by atoms with Gasteiger partial charge in [0.2, 0.25) is 0 Å². The van der Waals surface area contributed by atoms with Gasteiger partial charge in [-0.3, -0.25) is 4.79 Å². The molecule has 1 fully saturated rings. The average molecular weight is 348 g/mol. The minimum absolute atomic E-state index is 0.0869. The van der Waals surface area contributed by atoms with Crippen LogP contribution in [0.25, 0.3) is 0 Å². The molecule has 3 rings (SSSR count). The molecule has 2 heterocycles. The van der Waals surface area contributed by atoms with Gasteiger partial charge in [-0.1, -0.05) is 12.1 Å². The Labute approximate surface area is 143 Å². The third-order valence-corrected chi connectivity index (χ3v) is 4.08. The maximum atomic E-state index is 12.5. The number of hydrogen-bond donors (Lipinski definition) is 1. The van der Waals surface area contributed by atoms with Crippen molar-refractivity contribution in [3.8, 4) is 5.75 Å². The van der Waals surface area contributed by atoms with Crippen molar-refractivity contribution in [2.45, 2.75) is 25.5 Å². The van der Waals surface area contributed by atoms with Crippen LogP contribution in [0, 0.1) is 0 Å². The van der Waals surface area contributed by atoms with Crippen LogP contribution in [0.3, 0.4) is 0 Å². The first-order valence-corrected chi connectivity index (χ1v) is 8.01. The lowest BCUT2D eigenvalue weighted by molar-refractivity contribution is -0.0501. The first kappa shape index (κ1) is 17.1. The molecule has 0 aliphatic carbocycles. The molecule has 0 saturated carbocycles. The van der Waals surface area contributed by atoms with Crippen LogP contribution < -0.4 is 15.0 Å². The number of alkyl halides is 2. The predicted molar refractivity (Wildman–Crippen MR) is 87.8 cm³/mol. The Hall–Kier alpha value is -2.77. The number of nitrogens with one attached hydrogen (secondary N) is 1. The molecule has 8 heteroatoms. The maximum absolute atomic E-state index is 12.5. The van der Waals surface area contributed by atoms with Crippen molar-refractivity contribution in [3.05, 3.63) is 48.2 Å². The lowest BCUT2D eigenvalue weighted by Gasteiger charge is -2.25. The molecule has 1 atom stereocenters. The van der Waals surface area contributed by atoms with E-state index in [0.29, 0.717) is 6.54 Å². The molecule has 1 N–H and O–H groups in total. The molecule has 6 nitrogen and oxygen atoms in total. The second kappa shape index (κ2) is 7.87. The van der Waals surface area contributed by atoms with E-state index < -0.39 is 12.5 Å². The lowest BCUT2D eigenvalue weighted by Crippen LogP contribution is -2.40. The van der Waals surface area contributed by atoms with Crippen molar-refractivity contribution >= 4 is 11.7 Å². The van der Waals surface area contributed by atoms with Crippen molar-refractivity contribution in [2.75, 3.05) is 18.0 Å². The predicted octanol–water partition coefficient (Wildman–Crippen LogP) is 2.48. The van der Waals surface area contributed by atoms with Gasteiger partial charge < -0.3 is 15.0 Å². The van der Waals surface area contributed by atoms with E-state index in [1.54, 1.807) is 18.3 Å². The van der Waals surface area contributed by atoms with Gasteiger partial charge in [0.25, 0.3) is 5.91 Å². The number of benzene rings is 1. The highest BCUT2D eigenvalue weighted by molar-refractivity contribution is 5.96. The molecule has 1 amide bonds. The van der Waals surface area contributed by atoms with Crippen molar-refractivity contribution in [3.63, 3.8) is 0 Å². The quantitative estimate of drug-likeness (QED) is 0.869. The summed E-state index contributed by atoms with van der Waals surface area (Å²) in [6, 6.07) is 9.73. The number of carbonyl (C=O) groups excluding carboxylic acids is 1. The Kier molecular flexibility index (Phi) is 5.37. The summed E-state index contributed by atoms with van der Waals surface area (Å²) in [5.74, 6) is 0.190. The molecule has 2 aromatic rings. The molecule has 1 aliphatic heterocycles. The normalized spacial score (nSPS) is 16.9. The number of para-hydroxylation sites is 1. The third-order valence-electron chi connectivity index (χ3n) is 4.08. The van der Waals surface area contributed by atoms with E-state index in [4.69, 9.17) is 0 Å². The largest absolute Gasteiger partial charge is 0.434 e. The summed E-state index contributed by atoms with van der Waals surface area (Å²) in [5, 5.41) is 10.8. The van der Waals surface area contributed by atoms with Crippen LogP contribution in [0.2, 0.25) is 0 Å². The minimum atomic E-state index is -2.98. The van der Waals surface area contributed by atoms with Crippen LogP contribution in [0.1, 0.15) is 23.2 Å². The average Bonchev–Trinajstić information content (AvgIpc) is 3.09. The third kappa shape index (κ3) is 4.20. The Bertz CT molecular complexity index is 715. The summed E-state index contributed by atoms with van der Waals surface area (Å²) < 4.78 is 29.3. The summed E-state index contributed by atoms with van der Waals surface area (Å²) in [7, 11) is 0. The second-order valence-corrected chi connectivity index (χ2v) is 5.66. The zero-order valence-electron chi connectivity index (χ0n) is 13.4. The standard InChI is InChI=1S/C17H18F2N4O2/c18-17(19)25-14-7-2-1-6-13(14)16(24)20-11-12-5-4-10-23(12)15-8-3-9-21-22-15/h1-3,6-9,12,17H,4-5,10-11H2,(H,20,24). The van der Waals surface area contributed by atoms with Crippen molar-refractivity contribution < 1.29 is 18.3 Å². The van der Waals surface area contributed by atoms with E-state index in [0.717, 1.165) is 25.2 Å². The van der Waals surface area contributed by atoms with Gasteiger partial charge in [-0.25, -0.2) is 0 Å². The van der Waals surface area contributed by atoms with E-state index in [-0.39, 0.29) is 17.4 Å². The van der Waals surface area contributed by atoms with Crippen LogP contribution in [0.5, 0.6) is 5.75 Å². The Morgan fingerprint density at radius 1 is 1.32 bits per heavy atom. The Morgan fingerprint density at radius 2 is 2.16 bits per heavy atom. The molecule has 1 aromatic carbocycles. The fourth-order valence-corrected chi connectivity index (χ4v) is 2.95. The van der Waals surface area contributed by atoms with E-state index in [1.165, 1.54) is 12.1 Å². The van der Waals surface area contributed by atoms with Crippen molar-refractivity contribution in [1.29, 1.82) is 0 Å². The van der Waals surface area contributed by atoms with Crippen LogP contribution in [-0.4, -0.2) is 41.8 Å². The van der Waals surface area contributed by atoms with Gasteiger partial charge in [-0.05, 0) is 37.1 Å². The summed E-state index contributed by atoms with van der Waals surface area (Å²) in [4.78, 5) is 14.5. The van der Waals surface area contributed by atoms with Gasteiger partial charge in [0, 0.05) is 25.3 Å². The van der Waals surface area contributed by atoms with Gasteiger partial charge in [-0.15, -0.1) is 5.10 Å². The number of aromatic nitrogens is 2. The summed E-state index contributed by atoms with van der Waals surface area (Å²) in [6.45, 7) is -1.75. The van der Waals surface area contributed by atoms with Gasteiger partial charge in [0.1, 0.15) is 5.75 Å². The first-order chi connectivity index (χ1) is 12.1. The molecule has 1 aliphatic rings. The van der Waals surface area contributed by atoms with Crippen LogP contribution in [0.4, 0.5) is 14.6 Å². The van der Waals surface area contributed by atoms with Crippen molar-refractivity contribution in [1.82, 2.24) is 15.5 Å². The smallest absolute Gasteiger partial charge is 0.387 e. The highest BCUT2D eigenvalue weighted by Gasteiger charge is 2.26. The summed E-state index contributed by atoms with van der Waals surface area (Å²) in [5.41, 5.74) is 0.0897. The number of anilines is 1. The van der Waals surface area contributed by atoms with Gasteiger partial charge in [0.05, 0.1) is 5.56 Å². The van der Waals surface area contributed by atoms with E-state index >= 15 is 0 Å². The molecule has 25 heavy (non-hydrogen) atoms. The fourth-order valence-electron chi connectivity index (χ4n) is 2.95. The Balaban J connectivity index is 1.64. The molecule has 0 bridgehead atoms. The fraction of sp³-hybridized carbons (Fsp3) is 0.353. The number of halogens is 2. The number of ether oxygens (including phenoxy) is 1. The van der Waals surface area contributed by atoms with E-state index in [9.17, 15) is 13.6 Å². The number of rotatable bonds is 6. The molecule has 132 valence electrons. The molecule has 1 saturated heterocycles. The number of carbonyl (C=O) groups is 1. The monoisotopic (exact) mass is 348 g/mol. The van der Waals surface area contributed by atoms with E-state index in [2.05, 4.69) is 25.2 Å². The van der Waals surface area contributed by atoms with Gasteiger partial charge in [-0.2, -0.15) is 13.9 Å². The second-order valence-electron chi connectivity index (χ2n) is 5.66. The topological polar surface area (TPSA) is 67.4 Å². The molecule has 1 aromatic heterocycles. The van der Waals surface area contributed by atoms with Crippen LogP contribution in [0.15, 0.2) is 42.6 Å². The molecule has 1 unspecified atom stereocenters. The highest BCUT2D eigenvalue weighted by Crippen LogP contribution is 2.23. The molecular weight excluding hydrogens is 330 g/mol. The zero-order valence-corrected chi connectivity index (χ0v) is 13.4. The van der Waals surface area contributed by atoms with Gasteiger partial charge >= 0.3 is 6.61 Å². The van der Waals surface area contributed by atoms with Crippen LogP contribution in [-0.2, 0) is 0 Å².